The monoisotopic (exact) mass is 594 g/mol. The van der Waals surface area contributed by atoms with Crippen LogP contribution in [0.2, 0.25) is 0 Å². The smallest absolute Gasteiger partial charge is 0.338 e. The number of carbonyl (C=O) groups is 5. The van der Waals surface area contributed by atoms with E-state index in [2.05, 4.69) is 5.32 Å². The van der Waals surface area contributed by atoms with E-state index >= 15 is 0 Å². The molecule has 3 aromatic rings. The number of carbonyl (C=O) groups excluding carboxylic acids is 5. The molecule has 44 heavy (non-hydrogen) atoms. The minimum Gasteiger partial charge on any atom is -0.462 e. The number of hydrogen-bond donors (Lipinski definition) is 1. The molecule has 0 unspecified atom stereocenters. The summed E-state index contributed by atoms with van der Waals surface area (Å²) >= 11 is 0. The number of anilines is 1. The maximum absolute atomic E-state index is 14.1. The third kappa shape index (κ3) is 4.86. The Kier molecular flexibility index (Phi) is 7.80. The second kappa shape index (κ2) is 11.7. The molecule has 0 radical (unpaired) electrons. The summed E-state index contributed by atoms with van der Waals surface area (Å²) in [6.45, 7) is 5.11. The third-order valence-corrected chi connectivity index (χ3v) is 8.82. The normalized spacial score (nSPS) is 21.8. The maximum Gasteiger partial charge on any atom is 0.338 e. The molecule has 0 saturated carbocycles. The summed E-state index contributed by atoms with van der Waals surface area (Å²) in [6, 6.07) is 20.9. The molecular weight excluding hydrogens is 560 g/mol. The number of hydrogen-bond acceptors (Lipinski definition) is 7. The minimum absolute atomic E-state index is 0.284. The summed E-state index contributed by atoms with van der Waals surface area (Å²) in [5.41, 5.74) is 4.95. The Morgan fingerprint density at radius 1 is 0.773 bits per heavy atom. The second-order valence-corrected chi connectivity index (χ2v) is 11.9. The lowest BCUT2D eigenvalue weighted by molar-refractivity contribution is -0.162. The van der Waals surface area contributed by atoms with E-state index < -0.39 is 48.2 Å². The molecule has 1 N–H and O–H groups in total. The number of rotatable bonds is 9. The highest BCUT2D eigenvalue weighted by Gasteiger charge is 2.63. The average molecular weight is 595 g/mol. The Hall–Kier alpha value is -4.79. The molecule has 4 aliphatic rings. The van der Waals surface area contributed by atoms with Gasteiger partial charge in [0.2, 0.25) is 11.8 Å². The van der Waals surface area contributed by atoms with Crippen LogP contribution >= 0.6 is 0 Å². The first-order valence-corrected chi connectivity index (χ1v) is 15.0. The van der Waals surface area contributed by atoms with Gasteiger partial charge in [-0.1, -0.05) is 69.3 Å². The van der Waals surface area contributed by atoms with Gasteiger partial charge in [0.25, 0.3) is 5.91 Å². The zero-order valence-electron chi connectivity index (χ0n) is 24.8. The van der Waals surface area contributed by atoms with Crippen molar-refractivity contribution in [2.75, 3.05) is 18.5 Å². The van der Waals surface area contributed by atoms with Crippen molar-refractivity contribution in [2.45, 2.75) is 45.1 Å². The molecular formula is C35H34N2O7. The number of nitrogens with one attached hydrogen (secondary N) is 1. The Bertz CT molecular complexity index is 1530. The van der Waals surface area contributed by atoms with Crippen LogP contribution in [0, 0.1) is 17.8 Å². The molecule has 1 saturated heterocycles. The van der Waals surface area contributed by atoms with E-state index in [-0.39, 0.29) is 23.7 Å². The summed E-state index contributed by atoms with van der Waals surface area (Å²) in [5.74, 6) is -4.86. The molecule has 7 rings (SSSR count). The number of esters is 2. The van der Waals surface area contributed by atoms with Gasteiger partial charge in [-0.05, 0) is 58.9 Å². The molecule has 226 valence electrons. The average Bonchev–Trinajstić information content (AvgIpc) is 3.29. The number of amides is 3. The number of ether oxygens (including phenoxy) is 2. The van der Waals surface area contributed by atoms with Crippen LogP contribution < -0.4 is 5.32 Å². The zero-order chi connectivity index (χ0) is 31.1. The summed E-state index contributed by atoms with van der Waals surface area (Å²) in [4.78, 5) is 67.4. The second-order valence-electron chi connectivity index (χ2n) is 11.9. The topological polar surface area (TPSA) is 119 Å². The lowest BCUT2D eigenvalue weighted by Crippen LogP contribution is -2.49. The van der Waals surface area contributed by atoms with Crippen LogP contribution in [0.3, 0.4) is 0 Å². The SMILES string of the molecule is CCCOC(=O)c1ccc(NC(=O)COC(=O)[C@@H](C(C)C)N2C(=O)[C@@H]3C4c5ccccc5C(c5ccccc54)[C@@H]3C2=O)cc1. The molecule has 2 bridgehead atoms. The quantitative estimate of drug-likeness (QED) is 0.283. The molecule has 0 aromatic heterocycles. The van der Waals surface area contributed by atoms with Crippen molar-refractivity contribution in [2.24, 2.45) is 17.8 Å². The number of likely N-dealkylation sites (tertiary alicyclic amines) is 1. The predicted octanol–water partition coefficient (Wildman–Crippen LogP) is 4.65. The van der Waals surface area contributed by atoms with E-state index in [9.17, 15) is 24.0 Å². The first-order valence-electron chi connectivity index (χ1n) is 15.0. The van der Waals surface area contributed by atoms with Crippen LogP contribution in [0.1, 0.15) is 71.6 Å². The van der Waals surface area contributed by atoms with Gasteiger partial charge in [-0.2, -0.15) is 0 Å². The van der Waals surface area contributed by atoms with Gasteiger partial charge in [0.05, 0.1) is 24.0 Å². The highest BCUT2D eigenvalue weighted by molar-refractivity contribution is 6.10. The van der Waals surface area contributed by atoms with Crippen molar-refractivity contribution >= 4 is 35.3 Å². The van der Waals surface area contributed by atoms with Gasteiger partial charge in [-0.3, -0.25) is 19.3 Å². The van der Waals surface area contributed by atoms with Crippen molar-refractivity contribution < 1.29 is 33.4 Å². The summed E-state index contributed by atoms with van der Waals surface area (Å²) in [6.07, 6.45) is 0.709. The van der Waals surface area contributed by atoms with Crippen LogP contribution in [-0.2, 0) is 28.7 Å². The van der Waals surface area contributed by atoms with Crippen molar-refractivity contribution in [1.29, 1.82) is 0 Å². The largest absolute Gasteiger partial charge is 0.462 e. The van der Waals surface area contributed by atoms with Crippen LogP contribution in [0.15, 0.2) is 72.8 Å². The first-order chi connectivity index (χ1) is 21.2. The Morgan fingerprint density at radius 2 is 1.27 bits per heavy atom. The van der Waals surface area contributed by atoms with Crippen molar-refractivity contribution in [3.8, 4) is 0 Å². The van der Waals surface area contributed by atoms with Gasteiger partial charge < -0.3 is 14.8 Å². The third-order valence-electron chi connectivity index (χ3n) is 8.82. The zero-order valence-corrected chi connectivity index (χ0v) is 24.8. The van der Waals surface area contributed by atoms with E-state index in [0.717, 1.165) is 27.2 Å². The van der Waals surface area contributed by atoms with Crippen LogP contribution in [0.4, 0.5) is 5.69 Å². The fourth-order valence-electron chi connectivity index (χ4n) is 7.04. The predicted molar refractivity (Wildman–Crippen MR) is 161 cm³/mol. The minimum atomic E-state index is -1.17. The summed E-state index contributed by atoms with van der Waals surface area (Å²) in [5, 5.41) is 2.63. The molecule has 3 aliphatic carbocycles. The van der Waals surface area contributed by atoms with Crippen LogP contribution in [0.25, 0.3) is 0 Å². The van der Waals surface area contributed by atoms with Gasteiger partial charge >= 0.3 is 11.9 Å². The number of nitrogens with zero attached hydrogens (tertiary/aromatic N) is 1. The maximum atomic E-state index is 14.1. The lowest BCUT2D eigenvalue weighted by atomic mass is 9.55. The van der Waals surface area contributed by atoms with E-state index in [1.807, 2.05) is 55.5 Å². The van der Waals surface area contributed by atoms with Crippen molar-refractivity contribution in [1.82, 2.24) is 4.90 Å². The number of benzene rings is 3. The highest BCUT2D eigenvalue weighted by Crippen LogP contribution is 2.61. The lowest BCUT2D eigenvalue weighted by Gasteiger charge is -2.45. The molecule has 3 atom stereocenters. The van der Waals surface area contributed by atoms with Crippen LogP contribution in [-0.4, -0.2) is 53.8 Å². The molecule has 1 aliphatic heterocycles. The van der Waals surface area contributed by atoms with Gasteiger partial charge in [0.1, 0.15) is 6.04 Å². The highest BCUT2D eigenvalue weighted by atomic mass is 16.5. The Labute approximate surface area is 255 Å². The Balaban J connectivity index is 1.17. The van der Waals surface area contributed by atoms with E-state index in [0.29, 0.717) is 24.3 Å². The standard InChI is InChI=1S/C35H34N2O7/c1-4-17-43-34(41)20-13-15-21(16-14-20)36-26(38)18-44-35(42)31(19(2)3)37-32(39)29-27-22-9-5-6-10-23(22)28(30(29)33(37)40)25-12-8-7-11-24(25)27/h5-16,19,27-31H,4,17-18H2,1-3H3,(H,36,38)/t27?,28?,29-,30+,31-/m1/s1. The van der Waals surface area contributed by atoms with E-state index in [1.54, 1.807) is 26.0 Å². The molecule has 1 fully saturated rings. The summed E-state index contributed by atoms with van der Waals surface area (Å²) in [7, 11) is 0. The van der Waals surface area contributed by atoms with Gasteiger partial charge in [-0.15, -0.1) is 0 Å². The first kappa shape index (κ1) is 29.3. The number of imide groups is 1. The fraction of sp³-hybridized carbons (Fsp3) is 0.343. The molecule has 3 aromatic carbocycles. The fourth-order valence-corrected chi connectivity index (χ4v) is 7.04. The molecule has 3 amide bonds. The van der Waals surface area contributed by atoms with Crippen molar-refractivity contribution in [3.05, 3.63) is 101 Å². The van der Waals surface area contributed by atoms with Crippen molar-refractivity contribution in [3.63, 3.8) is 0 Å². The molecule has 0 spiro atoms. The molecule has 9 nitrogen and oxygen atoms in total. The van der Waals surface area contributed by atoms with Crippen LogP contribution in [0.5, 0.6) is 0 Å². The van der Waals surface area contributed by atoms with E-state index in [4.69, 9.17) is 9.47 Å². The summed E-state index contributed by atoms with van der Waals surface area (Å²) < 4.78 is 10.5. The Morgan fingerprint density at radius 3 is 1.73 bits per heavy atom. The molecule has 9 heteroatoms. The van der Waals surface area contributed by atoms with E-state index in [1.165, 1.54) is 12.1 Å². The molecule has 1 heterocycles. The van der Waals surface area contributed by atoms with Gasteiger partial charge in [0.15, 0.2) is 6.61 Å². The van der Waals surface area contributed by atoms with Gasteiger partial charge in [-0.25, -0.2) is 9.59 Å². The van der Waals surface area contributed by atoms with Gasteiger partial charge in [0, 0.05) is 17.5 Å².